The summed E-state index contributed by atoms with van der Waals surface area (Å²) in [7, 11) is 0. The molecule has 104 valence electrons. The molecule has 0 saturated heterocycles. The minimum absolute atomic E-state index is 0.0355. The third-order valence-corrected chi connectivity index (χ3v) is 3.52. The molecular formula is C15H15NO4. The fourth-order valence-corrected chi connectivity index (χ4v) is 2.16. The van der Waals surface area contributed by atoms with Crippen molar-refractivity contribution in [3.63, 3.8) is 0 Å². The highest BCUT2D eigenvalue weighted by Crippen LogP contribution is 2.32. The summed E-state index contributed by atoms with van der Waals surface area (Å²) in [5.74, 6) is -0.229. The predicted molar refractivity (Wildman–Crippen MR) is 73.5 cm³/mol. The van der Waals surface area contributed by atoms with Crippen molar-refractivity contribution in [1.29, 1.82) is 0 Å². The number of carbonyl (C=O) groups excluding carboxylic acids is 1. The van der Waals surface area contributed by atoms with Crippen molar-refractivity contribution in [2.24, 2.45) is 5.92 Å². The number of fused-ring (bicyclic) bond motifs is 1. The van der Waals surface area contributed by atoms with E-state index < -0.39 is 17.6 Å². The van der Waals surface area contributed by atoms with Crippen molar-refractivity contribution in [1.82, 2.24) is 5.32 Å². The van der Waals surface area contributed by atoms with Crippen LogP contribution in [0.5, 0.6) is 0 Å². The van der Waals surface area contributed by atoms with Gasteiger partial charge in [-0.2, -0.15) is 0 Å². The van der Waals surface area contributed by atoms with Gasteiger partial charge in [0.05, 0.1) is 6.10 Å². The average Bonchev–Trinajstić information content (AvgIpc) is 3.28. The molecule has 1 aromatic heterocycles. The minimum Gasteiger partial charge on any atom is -0.422 e. The number of amides is 1. The number of para-hydroxylation sites is 1. The first-order valence-electron chi connectivity index (χ1n) is 6.64. The third-order valence-electron chi connectivity index (χ3n) is 3.52. The number of rotatable bonds is 4. The average molecular weight is 273 g/mol. The van der Waals surface area contributed by atoms with Crippen molar-refractivity contribution in [2.45, 2.75) is 18.9 Å². The first-order valence-corrected chi connectivity index (χ1v) is 6.64. The molecule has 0 aliphatic heterocycles. The predicted octanol–water partition coefficient (Wildman–Crippen LogP) is 1.29. The summed E-state index contributed by atoms with van der Waals surface area (Å²) in [5.41, 5.74) is -0.249. The van der Waals surface area contributed by atoms with Gasteiger partial charge in [0.1, 0.15) is 11.1 Å². The summed E-state index contributed by atoms with van der Waals surface area (Å²) < 4.78 is 5.10. The molecule has 1 aromatic carbocycles. The molecule has 5 heteroatoms. The maximum absolute atomic E-state index is 12.0. The van der Waals surface area contributed by atoms with E-state index in [-0.39, 0.29) is 18.0 Å². The topological polar surface area (TPSA) is 79.5 Å². The van der Waals surface area contributed by atoms with Gasteiger partial charge < -0.3 is 14.8 Å². The number of benzene rings is 1. The number of nitrogens with one attached hydrogen (secondary N) is 1. The van der Waals surface area contributed by atoms with Crippen LogP contribution in [0.3, 0.4) is 0 Å². The van der Waals surface area contributed by atoms with E-state index in [1.807, 2.05) is 0 Å². The van der Waals surface area contributed by atoms with Gasteiger partial charge in [-0.15, -0.1) is 0 Å². The number of hydrogen-bond donors (Lipinski definition) is 2. The highest BCUT2D eigenvalue weighted by atomic mass is 16.4. The van der Waals surface area contributed by atoms with Gasteiger partial charge in [-0.25, -0.2) is 4.79 Å². The molecule has 1 heterocycles. The van der Waals surface area contributed by atoms with Crippen molar-refractivity contribution >= 4 is 16.9 Å². The third kappa shape index (κ3) is 2.58. The highest BCUT2D eigenvalue weighted by Gasteiger charge is 2.30. The summed E-state index contributed by atoms with van der Waals surface area (Å²) in [6.07, 6.45) is 1.45. The summed E-state index contributed by atoms with van der Waals surface area (Å²) in [6.45, 7) is 0.162. The van der Waals surface area contributed by atoms with E-state index in [1.54, 1.807) is 24.3 Å². The van der Waals surface area contributed by atoms with Gasteiger partial charge in [0, 0.05) is 11.9 Å². The van der Waals surface area contributed by atoms with Crippen LogP contribution in [0.2, 0.25) is 0 Å². The molecular weight excluding hydrogens is 258 g/mol. The molecule has 1 saturated carbocycles. The Morgan fingerprint density at radius 2 is 2.15 bits per heavy atom. The Hall–Kier alpha value is -2.14. The summed E-state index contributed by atoms with van der Waals surface area (Å²) >= 11 is 0. The van der Waals surface area contributed by atoms with Gasteiger partial charge in [-0.05, 0) is 30.9 Å². The van der Waals surface area contributed by atoms with Gasteiger partial charge in [-0.1, -0.05) is 18.2 Å². The van der Waals surface area contributed by atoms with Crippen LogP contribution in [0.25, 0.3) is 11.0 Å². The van der Waals surface area contributed by atoms with Crippen LogP contribution in [0, 0.1) is 5.92 Å². The van der Waals surface area contributed by atoms with Crippen molar-refractivity contribution in [3.05, 3.63) is 46.3 Å². The molecule has 1 aliphatic rings. The van der Waals surface area contributed by atoms with E-state index in [2.05, 4.69) is 5.32 Å². The zero-order valence-corrected chi connectivity index (χ0v) is 10.8. The first-order chi connectivity index (χ1) is 9.65. The first kappa shape index (κ1) is 12.9. The van der Waals surface area contributed by atoms with E-state index in [0.717, 1.165) is 12.8 Å². The zero-order valence-electron chi connectivity index (χ0n) is 10.8. The molecule has 20 heavy (non-hydrogen) atoms. The summed E-state index contributed by atoms with van der Waals surface area (Å²) in [6, 6.07) is 8.53. The lowest BCUT2D eigenvalue weighted by Gasteiger charge is -2.10. The van der Waals surface area contributed by atoms with Crippen LogP contribution in [0.15, 0.2) is 39.5 Å². The molecule has 0 radical (unpaired) electrons. The lowest BCUT2D eigenvalue weighted by atomic mass is 10.1. The van der Waals surface area contributed by atoms with E-state index in [0.29, 0.717) is 11.0 Å². The number of carbonyl (C=O) groups is 1. The fraction of sp³-hybridized carbons (Fsp3) is 0.333. The largest absolute Gasteiger partial charge is 0.422 e. The Kier molecular flexibility index (Phi) is 3.28. The molecule has 5 nitrogen and oxygen atoms in total. The highest BCUT2D eigenvalue weighted by molar-refractivity contribution is 5.96. The smallest absolute Gasteiger partial charge is 0.349 e. The summed E-state index contributed by atoms with van der Waals surface area (Å²) in [5, 5.41) is 13.0. The maximum Gasteiger partial charge on any atom is 0.349 e. The molecule has 2 N–H and O–H groups in total. The second-order valence-electron chi connectivity index (χ2n) is 5.10. The van der Waals surface area contributed by atoms with E-state index in [4.69, 9.17) is 4.42 Å². The van der Waals surface area contributed by atoms with E-state index >= 15 is 0 Å². The Morgan fingerprint density at radius 1 is 1.40 bits per heavy atom. The molecule has 1 fully saturated rings. The number of aliphatic hydroxyl groups is 1. The molecule has 3 rings (SSSR count). The molecule has 1 atom stereocenters. The molecule has 0 bridgehead atoms. The van der Waals surface area contributed by atoms with Crippen LogP contribution in [0.4, 0.5) is 0 Å². The lowest BCUT2D eigenvalue weighted by Crippen LogP contribution is -2.35. The van der Waals surface area contributed by atoms with Crippen LogP contribution in [-0.2, 0) is 0 Å². The van der Waals surface area contributed by atoms with Crippen molar-refractivity contribution in [2.75, 3.05) is 6.54 Å². The minimum atomic E-state index is -0.665. The van der Waals surface area contributed by atoms with E-state index in [1.165, 1.54) is 6.07 Å². The number of aliphatic hydroxyl groups excluding tert-OH is 1. The molecule has 1 aliphatic carbocycles. The van der Waals surface area contributed by atoms with Gasteiger partial charge in [-0.3, -0.25) is 4.79 Å². The second kappa shape index (κ2) is 5.09. The van der Waals surface area contributed by atoms with E-state index in [9.17, 15) is 14.7 Å². The molecule has 1 amide bonds. The Morgan fingerprint density at radius 3 is 2.90 bits per heavy atom. The lowest BCUT2D eigenvalue weighted by molar-refractivity contribution is 0.0897. The Bertz CT molecular complexity index is 702. The monoisotopic (exact) mass is 273 g/mol. The van der Waals surface area contributed by atoms with Gasteiger partial charge in [0.25, 0.3) is 5.91 Å². The Balaban J connectivity index is 1.79. The van der Waals surface area contributed by atoms with Gasteiger partial charge in [0.15, 0.2) is 0 Å². The van der Waals surface area contributed by atoms with Crippen molar-refractivity contribution in [3.8, 4) is 0 Å². The number of hydrogen-bond acceptors (Lipinski definition) is 4. The van der Waals surface area contributed by atoms with Crippen LogP contribution < -0.4 is 10.9 Å². The second-order valence-corrected chi connectivity index (χ2v) is 5.10. The SMILES string of the molecule is O=C(NCC(O)C1CC1)c1cc2ccccc2oc1=O. The van der Waals surface area contributed by atoms with Crippen molar-refractivity contribution < 1.29 is 14.3 Å². The van der Waals surface area contributed by atoms with Gasteiger partial charge >= 0.3 is 5.63 Å². The quantitative estimate of drug-likeness (QED) is 0.823. The fourth-order valence-electron chi connectivity index (χ4n) is 2.16. The summed E-state index contributed by atoms with van der Waals surface area (Å²) in [4.78, 5) is 23.7. The normalized spacial score (nSPS) is 16.1. The van der Waals surface area contributed by atoms with Crippen LogP contribution >= 0.6 is 0 Å². The Labute approximate surface area is 115 Å². The van der Waals surface area contributed by atoms with Gasteiger partial charge in [0.2, 0.25) is 0 Å². The zero-order chi connectivity index (χ0) is 14.1. The van der Waals surface area contributed by atoms with Crippen LogP contribution in [-0.4, -0.2) is 23.7 Å². The van der Waals surface area contributed by atoms with Crippen LogP contribution in [0.1, 0.15) is 23.2 Å². The molecule has 2 aromatic rings. The standard InChI is InChI=1S/C15H15NO4/c17-12(9-5-6-9)8-16-14(18)11-7-10-3-1-2-4-13(10)20-15(11)19/h1-4,7,9,12,17H,5-6,8H2,(H,16,18). The molecule has 0 spiro atoms. The maximum atomic E-state index is 12.0. The molecule has 1 unspecified atom stereocenters.